The van der Waals surface area contributed by atoms with Crippen molar-refractivity contribution in [2.75, 3.05) is 13.1 Å². The number of thiophene rings is 2. The molecule has 2 amide bonds. The van der Waals surface area contributed by atoms with E-state index in [0.29, 0.717) is 13.1 Å². The molecule has 1 atom stereocenters. The molecule has 0 radical (unpaired) electrons. The van der Waals surface area contributed by atoms with E-state index in [0.717, 1.165) is 37.1 Å². The smallest absolute Gasteiger partial charge is 0.263 e. The Morgan fingerprint density at radius 2 is 1.88 bits per heavy atom. The van der Waals surface area contributed by atoms with E-state index in [9.17, 15) is 9.59 Å². The zero-order valence-electron chi connectivity index (χ0n) is 14.8. The largest absolute Gasteiger partial charge is 0.351 e. The van der Waals surface area contributed by atoms with Gasteiger partial charge in [-0.05, 0) is 35.7 Å². The Morgan fingerprint density at radius 1 is 1.12 bits per heavy atom. The first kappa shape index (κ1) is 17.7. The first-order valence-electron chi connectivity index (χ1n) is 9.31. The standard InChI is InChI=1S/C20H24N2O2S2/c23-18(21-12-15-6-4-10-25-15)16-13-22(19(24)17-7-5-11-26-17)14-20(16)8-2-1-3-9-20/h4-7,10-11,16H,1-3,8-9,12-14H2,(H,21,23)/t16-/m0/s1. The van der Waals surface area contributed by atoms with E-state index >= 15 is 0 Å². The van der Waals surface area contributed by atoms with Gasteiger partial charge >= 0.3 is 0 Å². The Hall–Kier alpha value is -1.66. The van der Waals surface area contributed by atoms with Gasteiger partial charge in [0.15, 0.2) is 0 Å². The van der Waals surface area contributed by atoms with Gasteiger partial charge in [0.05, 0.1) is 17.3 Å². The molecule has 2 aromatic heterocycles. The SMILES string of the molecule is O=C(NCc1cccs1)[C@@H]1CN(C(=O)c2cccs2)CC12CCCCC2. The molecule has 4 rings (SSSR count). The number of likely N-dealkylation sites (tertiary alicyclic amines) is 1. The molecule has 0 aromatic carbocycles. The normalized spacial score (nSPS) is 21.8. The topological polar surface area (TPSA) is 49.4 Å². The van der Waals surface area contributed by atoms with Crippen LogP contribution in [0.2, 0.25) is 0 Å². The molecule has 2 fully saturated rings. The van der Waals surface area contributed by atoms with Crippen LogP contribution >= 0.6 is 22.7 Å². The summed E-state index contributed by atoms with van der Waals surface area (Å²) in [5.41, 5.74) is -0.0370. The lowest BCUT2D eigenvalue weighted by Crippen LogP contribution is -2.42. The average Bonchev–Trinajstić information content (AvgIpc) is 3.41. The van der Waals surface area contributed by atoms with Crippen LogP contribution in [0, 0.1) is 11.3 Å². The van der Waals surface area contributed by atoms with Crippen molar-refractivity contribution in [2.24, 2.45) is 11.3 Å². The first-order valence-corrected chi connectivity index (χ1v) is 11.1. The lowest BCUT2D eigenvalue weighted by molar-refractivity contribution is -0.128. The summed E-state index contributed by atoms with van der Waals surface area (Å²) in [5, 5.41) is 7.09. The first-order chi connectivity index (χ1) is 12.7. The Balaban J connectivity index is 1.50. The summed E-state index contributed by atoms with van der Waals surface area (Å²) in [5.74, 6) is 0.104. The molecular formula is C20H24N2O2S2. The third kappa shape index (κ3) is 3.45. The number of carbonyl (C=O) groups is 2. The molecule has 1 aliphatic carbocycles. The summed E-state index contributed by atoms with van der Waals surface area (Å²) < 4.78 is 0. The fourth-order valence-corrected chi connectivity index (χ4v) is 5.85. The van der Waals surface area contributed by atoms with Crippen molar-refractivity contribution >= 4 is 34.5 Å². The van der Waals surface area contributed by atoms with Crippen LogP contribution in [0.4, 0.5) is 0 Å². The van der Waals surface area contributed by atoms with Crippen LogP contribution in [0.5, 0.6) is 0 Å². The van der Waals surface area contributed by atoms with Gasteiger partial charge in [-0.2, -0.15) is 0 Å². The quantitative estimate of drug-likeness (QED) is 0.855. The Kier molecular flexibility index (Phi) is 5.14. The highest BCUT2D eigenvalue weighted by Crippen LogP contribution is 2.48. The molecule has 0 bridgehead atoms. The van der Waals surface area contributed by atoms with E-state index in [4.69, 9.17) is 0 Å². The fourth-order valence-electron chi connectivity index (χ4n) is 4.51. The number of nitrogens with one attached hydrogen (secondary N) is 1. The van der Waals surface area contributed by atoms with Gasteiger partial charge in [0.1, 0.15) is 0 Å². The Morgan fingerprint density at radius 3 is 2.58 bits per heavy atom. The number of carbonyl (C=O) groups excluding carboxylic acids is 2. The van der Waals surface area contributed by atoms with E-state index in [1.807, 2.05) is 39.9 Å². The molecule has 0 unspecified atom stereocenters. The molecule has 1 saturated heterocycles. The number of hydrogen-bond acceptors (Lipinski definition) is 4. The van der Waals surface area contributed by atoms with Gasteiger partial charge in [-0.15, -0.1) is 22.7 Å². The molecule has 3 heterocycles. The second-order valence-electron chi connectivity index (χ2n) is 7.44. The van der Waals surface area contributed by atoms with Crippen molar-refractivity contribution in [1.82, 2.24) is 10.2 Å². The lowest BCUT2D eigenvalue weighted by Gasteiger charge is -2.37. The average molecular weight is 389 g/mol. The molecule has 26 heavy (non-hydrogen) atoms. The van der Waals surface area contributed by atoms with Crippen molar-refractivity contribution in [2.45, 2.75) is 38.6 Å². The minimum Gasteiger partial charge on any atom is -0.351 e. The van der Waals surface area contributed by atoms with Gasteiger partial charge in [-0.1, -0.05) is 31.4 Å². The summed E-state index contributed by atoms with van der Waals surface area (Å²) in [7, 11) is 0. The maximum Gasteiger partial charge on any atom is 0.263 e. The molecular weight excluding hydrogens is 364 g/mol. The van der Waals surface area contributed by atoms with Crippen LogP contribution in [-0.2, 0) is 11.3 Å². The molecule has 1 N–H and O–H groups in total. The maximum absolute atomic E-state index is 13.0. The third-order valence-electron chi connectivity index (χ3n) is 5.85. The van der Waals surface area contributed by atoms with E-state index in [-0.39, 0.29) is 23.1 Å². The zero-order valence-corrected chi connectivity index (χ0v) is 16.4. The van der Waals surface area contributed by atoms with Gasteiger partial charge in [0.25, 0.3) is 5.91 Å². The van der Waals surface area contributed by atoms with Gasteiger partial charge in [0, 0.05) is 23.4 Å². The van der Waals surface area contributed by atoms with Gasteiger partial charge in [-0.3, -0.25) is 9.59 Å². The van der Waals surface area contributed by atoms with Gasteiger partial charge < -0.3 is 10.2 Å². The summed E-state index contributed by atoms with van der Waals surface area (Å²) in [4.78, 5) is 29.7. The highest BCUT2D eigenvalue weighted by atomic mass is 32.1. The lowest BCUT2D eigenvalue weighted by atomic mass is 9.67. The maximum atomic E-state index is 13.0. The summed E-state index contributed by atoms with van der Waals surface area (Å²) >= 11 is 3.14. The fraction of sp³-hybridized carbons (Fsp3) is 0.500. The number of nitrogens with zero attached hydrogens (tertiary/aromatic N) is 1. The molecule has 1 spiro atoms. The van der Waals surface area contributed by atoms with Crippen molar-refractivity contribution < 1.29 is 9.59 Å². The second-order valence-corrected chi connectivity index (χ2v) is 9.42. The van der Waals surface area contributed by atoms with Gasteiger partial charge in [0.2, 0.25) is 5.91 Å². The number of hydrogen-bond donors (Lipinski definition) is 1. The van der Waals surface area contributed by atoms with Crippen molar-refractivity contribution in [3.8, 4) is 0 Å². The number of amides is 2. The minimum atomic E-state index is -0.0910. The molecule has 4 nitrogen and oxygen atoms in total. The second kappa shape index (κ2) is 7.53. The predicted molar refractivity (Wildman–Crippen MR) is 105 cm³/mol. The molecule has 1 aliphatic heterocycles. The van der Waals surface area contributed by atoms with E-state index < -0.39 is 0 Å². The molecule has 2 aromatic rings. The van der Waals surface area contributed by atoms with Crippen LogP contribution in [0.25, 0.3) is 0 Å². The van der Waals surface area contributed by atoms with Crippen molar-refractivity contribution in [3.05, 3.63) is 44.8 Å². The molecule has 6 heteroatoms. The Labute approximate surface area is 162 Å². The van der Waals surface area contributed by atoms with E-state index in [1.165, 1.54) is 22.6 Å². The Bertz CT molecular complexity index is 749. The van der Waals surface area contributed by atoms with Crippen LogP contribution in [0.15, 0.2) is 35.0 Å². The molecule has 2 aliphatic rings. The minimum absolute atomic E-state index is 0.0370. The molecule has 138 valence electrons. The molecule has 1 saturated carbocycles. The van der Waals surface area contributed by atoms with Crippen molar-refractivity contribution in [1.29, 1.82) is 0 Å². The zero-order chi connectivity index (χ0) is 18.0. The van der Waals surface area contributed by atoms with Crippen molar-refractivity contribution in [3.63, 3.8) is 0 Å². The predicted octanol–water partition coefficient (Wildman–Crippen LogP) is 4.15. The van der Waals surface area contributed by atoms with E-state index in [1.54, 1.807) is 11.3 Å². The van der Waals surface area contributed by atoms with Crippen LogP contribution in [-0.4, -0.2) is 29.8 Å². The third-order valence-corrected chi connectivity index (χ3v) is 7.58. The number of rotatable bonds is 4. The van der Waals surface area contributed by atoms with Gasteiger partial charge in [-0.25, -0.2) is 0 Å². The summed E-state index contributed by atoms with van der Waals surface area (Å²) in [6.07, 6.45) is 5.67. The highest BCUT2D eigenvalue weighted by molar-refractivity contribution is 7.12. The highest BCUT2D eigenvalue weighted by Gasteiger charge is 2.51. The summed E-state index contributed by atoms with van der Waals surface area (Å²) in [6, 6.07) is 7.84. The van der Waals surface area contributed by atoms with Crippen LogP contribution < -0.4 is 5.32 Å². The van der Waals surface area contributed by atoms with E-state index in [2.05, 4.69) is 5.32 Å². The summed E-state index contributed by atoms with van der Waals surface area (Å²) in [6.45, 7) is 1.86. The monoisotopic (exact) mass is 388 g/mol. The van der Waals surface area contributed by atoms with Crippen LogP contribution in [0.3, 0.4) is 0 Å². The van der Waals surface area contributed by atoms with Crippen LogP contribution in [0.1, 0.15) is 46.7 Å².